The number of terminal acetylenes is 1. The van der Waals surface area contributed by atoms with Crippen molar-refractivity contribution in [2.75, 3.05) is 0 Å². The second-order valence-corrected chi connectivity index (χ2v) is 2.87. The highest BCUT2D eigenvalue weighted by molar-refractivity contribution is 5.81. The van der Waals surface area contributed by atoms with Gasteiger partial charge in [-0.2, -0.15) is 5.26 Å². The van der Waals surface area contributed by atoms with E-state index in [1.54, 1.807) is 6.92 Å². The smallest absolute Gasteiger partial charge is 0.238 e. The van der Waals surface area contributed by atoms with Crippen LogP contribution in [-0.4, -0.2) is 11.9 Å². The van der Waals surface area contributed by atoms with Crippen LogP contribution >= 0.6 is 0 Å². The number of nitrogens with zero attached hydrogens (tertiary/aromatic N) is 1. The normalized spacial score (nSPS) is 13.5. The van der Waals surface area contributed by atoms with Crippen LogP contribution in [0.2, 0.25) is 0 Å². The fourth-order valence-corrected chi connectivity index (χ4v) is 0.841. The predicted molar refractivity (Wildman–Crippen MR) is 50.4 cm³/mol. The lowest BCUT2D eigenvalue weighted by molar-refractivity contribution is -0.123. The van der Waals surface area contributed by atoms with Crippen molar-refractivity contribution in [1.82, 2.24) is 5.32 Å². The Bertz CT molecular complexity index is 247. The molecule has 2 atom stereocenters. The number of carbonyl (C=O) groups is 1. The summed E-state index contributed by atoms with van der Waals surface area (Å²) >= 11 is 0. The van der Waals surface area contributed by atoms with Gasteiger partial charge in [-0.3, -0.25) is 4.79 Å². The minimum absolute atomic E-state index is 0.242. The summed E-state index contributed by atoms with van der Waals surface area (Å²) in [7, 11) is 0. The van der Waals surface area contributed by atoms with Gasteiger partial charge in [-0.05, 0) is 13.3 Å². The number of nitrogens with one attached hydrogen (secondary N) is 1. The number of carbonyl (C=O) groups excluding carboxylic acids is 1. The average molecular weight is 178 g/mol. The van der Waals surface area contributed by atoms with Crippen LogP contribution < -0.4 is 5.32 Å². The van der Waals surface area contributed by atoms with Crippen LogP contribution in [0.4, 0.5) is 0 Å². The molecular formula is C10H14N2O. The van der Waals surface area contributed by atoms with Gasteiger partial charge in [0.25, 0.3) is 0 Å². The fourth-order valence-electron chi connectivity index (χ4n) is 0.841. The summed E-state index contributed by atoms with van der Waals surface area (Å²) in [6, 6.07) is 1.61. The van der Waals surface area contributed by atoms with Gasteiger partial charge in [-0.25, -0.2) is 0 Å². The van der Waals surface area contributed by atoms with Crippen molar-refractivity contribution in [2.24, 2.45) is 5.92 Å². The van der Waals surface area contributed by atoms with Crippen LogP contribution in [0.5, 0.6) is 0 Å². The second-order valence-electron chi connectivity index (χ2n) is 2.87. The highest BCUT2D eigenvalue weighted by Crippen LogP contribution is 1.98. The second kappa shape index (κ2) is 6.08. The Balaban J connectivity index is 4.04. The Morgan fingerprint density at radius 3 is 2.69 bits per heavy atom. The molecule has 2 unspecified atom stereocenters. The largest absolute Gasteiger partial charge is 0.341 e. The van der Waals surface area contributed by atoms with Gasteiger partial charge in [0, 0.05) is 0 Å². The molecule has 13 heavy (non-hydrogen) atoms. The number of rotatable bonds is 4. The molecule has 0 aliphatic carbocycles. The maximum atomic E-state index is 11.2. The number of hydrogen-bond acceptors (Lipinski definition) is 2. The topological polar surface area (TPSA) is 52.9 Å². The molecule has 70 valence electrons. The van der Waals surface area contributed by atoms with Crippen LogP contribution in [0.3, 0.4) is 0 Å². The van der Waals surface area contributed by atoms with E-state index in [0.29, 0.717) is 0 Å². The number of nitriles is 1. The lowest BCUT2D eigenvalue weighted by Gasteiger charge is -2.12. The van der Waals surface area contributed by atoms with Gasteiger partial charge < -0.3 is 5.32 Å². The van der Waals surface area contributed by atoms with Gasteiger partial charge in [0.1, 0.15) is 5.92 Å². The summed E-state index contributed by atoms with van der Waals surface area (Å²) in [5.74, 6) is 1.55. The third-order valence-electron chi connectivity index (χ3n) is 1.68. The zero-order valence-corrected chi connectivity index (χ0v) is 8.00. The molecule has 0 saturated carbocycles. The SMILES string of the molecule is C#CC(CCC)NC(=O)C(C)C#N. The van der Waals surface area contributed by atoms with Gasteiger partial charge in [0.05, 0.1) is 12.1 Å². The third-order valence-corrected chi connectivity index (χ3v) is 1.68. The maximum absolute atomic E-state index is 11.2. The minimum atomic E-state index is -0.632. The Labute approximate surface area is 79.1 Å². The molecule has 0 bridgehead atoms. The Morgan fingerprint density at radius 1 is 1.69 bits per heavy atom. The first-order valence-electron chi connectivity index (χ1n) is 4.31. The van der Waals surface area contributed by atoms with E-state index in [1.165, 1.54) is 0 Å². The van der Waals surface area contributed by atoms with Gasteiger partial charge >= 0.3 is 0 Å². The first kappa shape index (κ1) is 11.5. The van der Waals surface area contributed by atoms with Crippen LogP contribution in [0.1, 0.15) is 26.7 Å². The molecule has 0 aromatic rings. The molecule has 0 fully saturated rings. The first-order valence-corrected chi connectivity index (χ1v) is 4.31. The molecule has 0 saturated heterocycles. The maximum Gasteiger partial charge on any atom is 0.238 e. The molecule has 0 aromatic carbocycles. The molecule has 0 heterocycles. The number of hydrogen-bond donors (Lipinski definition) is 1. The molecule has 3 heteroatoms. The zero-order chi connectivity index (χ0) is 10.3. The summed E-state index contributed by atoms with van der Waals surface area (Å²) in [5.41, 5.74) is 0. The van der Waals surface area contributed by atoms with Crippen LogP contribution in [-0.2, 0) is 4.79 Å². The predicted octanol–water partition coefficient (Wildman–Crippen LogP) is 1.06. The Hall–Kier alpha value is -1.48. The molecule has 3 nitrogen and oxygen atoms in total. The van der Waals surface area contributed by atoms with E-state index >= 15 is 0 Å². The molecule has 1 amide bonds. The lowest BCUT2D eigenvalue weighted by atomic mass is 10.1. The summed E-state index contributed by atoms with van der Waals surface area (Å²) in [4.78, 5) is 11.2. The van der Waals surface area contributed by atoms with Crippen molar-refractivity contribution in [1.29, 1.82) is 5.26 Å². The third kappa shape index (κ3) is 4.18. The van der Waals surface area contributed by atoms with Crippen molar-refractivity contribution in [3.05, 3.63) is 0 Å². The van der Waals surface area contributed by atoms with Crippen molar-refractivity contribution < 1.29 is 4.79 Å². The zero-order valence-electron chi connectivity index (χ0n) is 8.00. The Morgan fingerprint density at radius 2 is 2.31 bits per heavy atom. The van der Waals surface area contributed by atoms with Crippen molar-refractivity contribution in [2.45, 2.75) is 32.7 Å². The fraction of sp³-hybridized carbons (Fsp3) is 0.600. The standard InChI is InChI=1S/C10H14N2O/c1-4-6-9(5-2)12-10(13)8(3)7-11/h2,8-9H,4,6H2,1,3H3,(H,12,13). The van der Waals surface area contributed by atoms with Gasteiger partial charge in [-0.15, -0.1) is 6.42 Å². The van der Waals surface area contributed by atoms with Crippen LogP contribution in [0.15, 0.2) is 0 Å². The average Bonchev–Trinajstić information content (AvgIpc) is 2.15. The lowest BCUT2D eigenvalue weighted by Crippen LogP contribution is -2.36. The summed E-state index contributed by atoms with van der Waals surface area (Å²) in [6.45, 7) is 3.54. The van der Waals surface area contributed by atoms with Crippen LogP contribution in [0.25, 0.3) is 0 Å². The molecule has 0 radical (unpaired) electrons. The van der Waals surface area contributed by atoms with Crippen LogP contribution in [0, 0.1) is 29.6 Å². The van der Waals surface area contributed by atoms with E-state index < -0.39 is 5.92 Å². The first-order chi connectivity index (χ1) is 6.15. The van der Waals surface area contributed by atoms with E-state index in [1.807, 2.05) is 13.0 Å². The van der Waals surface area contributed by atoms with E-state index in [0.717, 1.165) is 12.8 Å². The highest BCUT2D eigenvalue weighted by Gasteiger charge is 2.14. The molecule has 0 aliphatic rings. The van der Waals surface area contributed by atoms with Crippen molar-refractivity contribution >= 4 is 5.91 Å². The molecule has 0 aromatic heterocycles. The summed E-state index contributed by atoms with van der Waals surface area (Å²) < 4.78 is 0. The molecule has 0 aliphatic heterocycles. The van der Waals surface area contributed by atoms with E-state index in [2.05, 4.69) is 11.2 Å². The highest BCUT2D eigenvalue weighted by atomic mass is 16.1. The molecule has 0 spiro atoms. The summed E-state index contributed by atoms with van der Waals surface area (Å²) in [6.07, 6.45) is 6.86. The molecule has 0 rings (SSSR count). The van der Waals surface area contributed by atoms with Gasteiger partial charge in [0.2, 0.25) is 5.91 Å². The minimum Gasteiger partial charge on any atom is -0.341 e. The van der Waals surface area contributed by atoms with Gasteiger partial charge in [-0.1, -0.05) is 19.3 Å². The van der Waals surface area contributed by atoms with E-state index in [9.17, 15) is 4.79 Å². The van der Waals surface area contributed by atoms with Crippen molar-refractivity contribution in [3.63, 3.8) is 0 Å². The summed E-state index contributed by atoms with van der Waals surface area (Å²) in [5, 5.41) is 11.1. The Kier molecular flexibility index (Phi) is 5.39. The quantitative estimate of drug-likeness (QED) is 0.654. The molecule has 1 N–H and O–H groups in total. The number of amides is 1. The van der Waals surface area contributed by atoms with Gasteiger partial charge in [0.15, 0.2) is 0 Å². The molecular weight excluding hydrogens is 164 g/mol. The monoisotopic (exact) mass is 178 g/mol. The van der Waals surface area contributed by atoms with E-state index in [-0.39, 0.29) is 11.9 Å². The van der Waals surface area contributed by atoms with Crippen molar-refractivity contribution in [3.8, 4) is 18.4 Å². The van der Waals surface area contributed by atoms with E-state index in [4.69, 9.17) is 11.7 Å².